The van der Waals surface area contributed by atoms with Crippen LogP contribution in [-0.2, 0) is 17.9 Å². The molecular weight excluding hydrogens is 318 g/mol. The summed E-state index contributed by atoms with van der Waals surface area (Å²) in [6.07, 6.45) is 5.06. The predicted octanol–water partition coefficient (Wildman–Crippen LogP) is 3.38. The minimum Gasteiger partial charge on any atom is -0.389 e. The summed E-state index contributed by atoms with van der Waals surface area (Å²) in [6.45, 7) is 1.33. The Morgan fingerprint density at radius 1 is 1.25 bits per heavy atom. The van der Waals surface area contributed by atoms with Gasteiger partial charge in [-0.25, -0.2) is 0 Å². The van der Waals surface area contributed by atoms with Gasteiger partial charge in [0.1, 0.15) is 0 Å². The smallest absolute Gasteiger partial charge is 0.226 e. The number of carbonyl (C=O) groups excluding carboxylic acids is 1. The molecule has 1 fully saturated rings. The maximum atomic E-state index is 12.4. The third-order valence-corrected chi connectivity index (χ3v) is 5.29. The number of amides is 1. The summed E-state index contributed by atoms with van der Waals surface area (Å²) >= 11 is 3.55. The van der Waals surface area contributed by atoms with Gasteiger partial charge in [0, 0.05) is 17.6 Å². The number of benzene rings is 1. The van der Waals surface area contributed by atoms with Gasteiger partial charge in [-0.15, -0.1) is 0 Å². The van der Waals surface area contributed by atoms with Crippen molar-refractivity contribution in [3.8, 4) is 0 Å². The first-order valence-electron chi connectivity index (χ1n) is 7.34. The van der Waals surface area contributed by atoms with Crippen LogP contribution in [0.5, 0.6) is 0 Å². The maximum absolute atomic E-state index is 12.4. The van der Waals surface area contributed by atoms with E-state index in [-0.39, 0.29) is 12.3 Å². The zero-order valence-corrected chi connectivity index (χ0v) is 13.2. The Morgan fingerprint density at radius 2 is 2.00 bits per heavy atom. The Bertz CT molecular complexity index is 523. The summed E-state index contributed by atoms with van der Waals surface area (Å²) < 4.78 is 1.07. The van der Waals surface area contributed by atoms with E-state index in [9.17, 15) is 9.90 Å². The molecule has 0 saturated heterocycles. The summed E-state index contributed by atoms with van der Waals surface area (Å²) in [4.78, 5) is 14.3. The number of nitrogens with zero attached hydrogens (tertiary/aromatic N) is 1. The molecule has 1 amide bonds. The molecular formula is C16H20BrNO2. The lowest BCUT2D eigenvalue weighted by atomic mass is 9.82. The van der Waals surface area contributed by atoms with Crippen molar-refractivity contribution in [3.05, 3.63) is 33.8 Å². The average molecular weight is 338 g/mol. The van der Waals surface area contributed by atoms with E-state index in [0.29, 0.717) is 13.1 Å². The highest BCUT2D eigenvalue weighted by Crippen LogP contribution is 2.34. The molecule has 3 nitrogen and oxygen atoms in total. The van der Waals surface area contributed by atoms with Crippen LogP contribution in [0.15, 0.2) is 22.7 Å². The Hall–Kier alpha value is -0.870. The Labute approximate surface area is 128 Å². The maximum Gasteiger partial charge on any atom is 0.226 e. The van der Waals surface area contributed by atoms with Crippen molar-refractivity contribution in [1.82, 2.24) is 4.90 Å². The third-order valence-electron chi connectivity index (χ3n) is 4.54. The summed E-state index contributed by atoms with van der Waals surface area (Å²) in [6, 6.07) is 6.09. The number of hydrogen-bond donors (Lipinski definition) is 1. The zero-order valence-electron chi connectivity index (χ0n) is 11.6. The summed E-state index contributed by atoms with van der Waals surface area (Å²) in [7, 11) is 0. The minimum absolute atomic E-state index is 0.0810. The van der Waals surface area contributed by atoms with Crippen LogP contribution in [0.2, 0.25) is 0 Å². The second-order valence-corrected chi connectivity index (χ2v) is 6.94. The van der Waals surface area contributed by atoms with Crippen LogP contribution in [0, 0.1) is 0 Å². The van der Waals surface area contributed by atoms with Gasteiger partial charge in [0.25, 0.3) is 0 Å². The molecule has 1 N–H and O–H groups in total. The molecule has 0 spiro atoms. The molecule has 2 aliphatic rings. The molecule has 108 valence electrons. The lowest BCUT2D eigenvalue weighted by Crippen LogP contribution is -2.38. The SMILES string of the molecule is O=C(CC1(O)CCCCC1)N1Cc2cccc(Br)c2C1. The molecule has 1 aliphatic heterocycles. The standard InChI is InChI=1S/C16H20BrNO2/c17-14-6-4-5-12-10-18(11-13(12)14)15(19)9-16(20)7-2-1-3-8-16/h4-6,20H,1-3,7-11H2. The topological polar surface area (TPSA) is 40.5 Å². The molecule has 0 atom stereocenters. The van der Waals surface area contributed by atoms with E-state index < -0.39 is 5.60 Å². The van der Waals surface area contributed by atoms with Crippen LogP contribution >= 0.6 is 15.9 Å². The van der Waals surface area contributed by atoms with Gasteiger partial charge in [0.2, 0.25) is 5.91 Å². The largest absolute Gasteiger partial charge is 0.389 e. The molecule has 1 saturated carbocycles. The number of carbonyl (C=O) groups is 1. The molecule has 0 unspecified atom stereocenters. The number of hydrogen-bond acceptors (Lipinski definition) is 2. The second-order valence-electron chi connectivity index (χ2n) is 6.09. The second kappa shape index (κ2) is 5.49. The average Bonchev–Trinajstić information content (AvgIpc) is 2.85. The van der Waals surface area contributed by atoms with Gasteiger partial charge < -0.3 is 10.0 Å². The lowest BCUT2D eigenvalue weighted by Gasteiger charge is -2.32. The van der Waals surface area contributed by atoms with E-state index >= 15 is 0 Å². The molecule has 0 aromatic heterocycles. The van der Waals surface area contributed by atoms with E-state index in [2.05, 4.69) is 22.0 Å². The molecule has 0 radical (unpaired) electrons. The molecule has 1 aromatic carbocycles. The van der Waals surface area contributed by atoms with Gasteiger partial charge >= 0.3 is 0 Å². The summed E-state index contributed by atoms with van der Waals surface area (Å²) in [5.41, 5.74) is 1.65. The van der Waals surface area contributed by atoms with E-state index in [1.165, 1.54) is 17.5 Å². The first-order valence-corrected chi connectivity index (χ1v) is 8.13. The van der Waals surface area contributed by atoms with E-state index in [0.717, 1.165) is 30.2 Å². The summed E-state index contributed by atoms with van der Waals surface area (Å²) in [5, 5.41) is 10.5. The van der Waals surface area contributed by atoms with Crippen molar-refractivity contribution < 1.29 is 9.90 Å². The number of aliphatic hydroxyl groups is 1. The van der Waals surface area contributed by atoms with Gasteiger partial charge in [-0.3, -0.25) is 4.79 Å². The van der Waals surface area contributed by atoms with Gasteiger partial charge in [-0.1, -0.05) is 47.3 Å². The molecule has 20 heavy (non-hydrogen) atoms. The van der Waals surface area contributed by atoms with E-state index in [1.54, 1.807) is 0 Å². The van der Waals surface area contributed by atoms with Crippen molar-refractivity contribution in [2.24, 2.45) is 0 Å². The zero-order chi connectivity index (χ0) is 14.2. The first-order chi connectivity index (χ1) is 9.57. The molecule has 0 bridgehead atoms. The van der Waals surface area contributed by atoms with Crippen LogP contribution in [-0.4, -0.2) is 21.5 Å². The predicted molar refractivity (Wildman–Crippen MR) is 81.0 cm³/mol. The lowest BCUT2D eigenvalue weighted by molar-refractivity contribution is -0.138. The highest BCUT2D eigenvalue weighted by molar-refractivity contribution is 9.10. The van der Waals surface area contributed by atoms with Gasteiger partial charge in [-0.2, -0.15) is 0 Å². The van der Waals surface area contributed by atoms with Crippen molar-refractivity contribution in [1.29, 1.82) is 0 Å². The van der Waals surface area contributed by atoms with E-state index in [4.69, 9.17) is 0 Å². The van der Waals surface area contributed by atoms with Crippen molar-refractivity contribution >= 4 is 21.8 Å². The van der Waals surface area contributed by atoms with Crippen molar-refractivity contribution in [2.45, 2.75) is 57.2 Å². The molecule has 1 aliphatic carbocycles. The fourth-order valence-corrected chi connectivity index (χ4v) is 3.87. The van der Waals surface area contributed by atoms with Crippen molar-refractivity contribution in [3.63, 3.8) is 0 Å². The minimum atomic E-state index is -0.763. The number of halogens is 1. The highest BCUT2D eigenvalue weighted by Gasteiger charge is 2.35. The summed E-state index contributed by atoms with van der Waals surface area (Å²) in [5.74, 6) is 0.0810. The Morgan fingerprint density at radius 3 is 2.70 bits per heavy atom. The quantitative estimate of drug-likeness (QED) is 0.898. The van der Waals surface area contributed by atoms with Crippen LogP contribution in [0.25, 0.3) is 0 Å². The van der Waals surface area contributed by atoms with Crippen LogP contribution in [0.3, 0.4) is 0 Å². The number of rotatable bonds is 2. The normalized spacial score (nSPS) is 20.8. The monoisotopic (exact) mass is 337 g/mol. The van der Waals surface area contributed by atoms with Crippen LogP contribution < -0.4 is 0 Å². The molecule has 4 heteroatoms. The fraction of sp³-hybridized carbons (Fsp3) is 0.562. The van der Waals surface area contributed by atoms with Gasteiger partial charge in [0.05, 0.1) is 12.0 Å². The highest BCUT2D eigenvalue weighted by atomic mass is 79.9. The van der Waals surface area contributed by atoms with Gasteiger partial charge in [-0.05, 0) is 30.0 Å². The third kappa shape index (κ3) is 2.77. The Balaban J connectivity index is 1.67. The Kier molecular flexibility index (Phi) is 3.87. The van der Waals surface area contributed by atoms with Crippen LogP contribution in [0.4, 0.5) is 0 Å². The van der Waals surface area contributed by atoms with E-state index in [1.807, 2.05) is 17.0 Å². The first kappa shape index (κ1) is 14.1. The van der Waals surface area contributed by atoms with Gasteiger partial charge in [0.15, 0.2) is 0 Å². The van der Waals surface area contributed by atoms with Crippen LogP contribution in [0.1, 0.15) is 49.7 Å². The molecule has 1 aromatic rings. The van der Waals surface area contributed by atoms with Crippen molar-refractivity contribution in [2.75, 3.05) is 0 Å². The number of fused-ring (bicyclic) bond motifs is 1. The molecule has 1 heterocycles. The fourth-order valence-electron chi connectivity index (χ4n) is 3.34. The molecule has 3 rings (SSSR count).